The molecule has 10 heteroatoms. The number of hydrogen-bond acceptors (Lipinski definition) is 9. The molecule has 0 fully saturated rings. The molecule has 9 nitrogen and oxygen atoms in total. The summed E-state index contributed by atoms with van der Waals surface area (Å²) >= 11 is 0. The highest BCUT2D eigenvalue weighted by molar-refractivity contribution is 7.91. The number of anilines is 1. The van der Waals surface area contributed by atoms with E-state index in [9.17, 15) is 8.42 Å². The van der Waals surface area contributed by atoms with E-state index < -0.39 is 9.84 Å². The number of sulfone groups is 1. The molecule has 4 rings (SSSR count). The van der Waals surface area contributed by atoms with E-state index in [-0.39, 0.29) is 32.3 Å². The van der Waals surface area contributed by atoms with Crippen molar-refractivity contribution in [2.75, 3.05) is 18.5 Å². The Kier molecular flexibility index (Phi) is 5.97. The van der Waals surface area contributed by atoms with E-state index in [1.54, 1.807) is 31.2 Å². The predicted molar refractivity (Wildman–Crippen MR) is 127 cm³/mol. The van der Waals surface area contributed by atoms with Gasteiger partial charge in [-0.25, -0.2) is 18.4 Å². The lowest BCUT2D eigenvalue weighted by Gasteiger charge is -2.06. The normalized spacial score (nSPS) is 11.6. The minimum Gasteiger partial charge on any atom is -0.414 e. The zero-order valence-corrected chi connectivity index (χ0v) is 18.4. The van der Waals surface area contributed by atoms with Gasteiger partial charge in [0.25, 0.3) is 5.89 Å². The lowest BCUT2D eigenvalue weighted by molar-refractivity contribution is 0.582. The summed E-state index contributed by atoms with van der Waals surface area (Å²) in [5, 5.41) is 11.3. The van der Waals surface area contributed by atoms with E-state index in [4.69, 9.17) is 10.2 Å². The minimum absolute atomic E-state index is 0. The van der Waals surface area contributed by atoms with E-state index >= 15 is 0 Å². The third kappa shape index (κ3) is 4.36. The Morgan fingerprint density at radius 1 is 1.00 bits per heavy atom. The smallest absolute Gasteiger partial charge is 0.270 e. The van der Waals surface area contributed by atoms with Crippen LogP contribution in [0.15, 0.2) is 64.0 Å². The Morgan fingerprint density at radius 3 is 2.31 bits per heavy atom. The first kappa shape index (κ1) is 21.6. The second-order valence-electron chi connectivity index (χ2n) is 7.06. The summed E-state index contributed by atoms with van der Waals surface area (Å²) in [6.07, 6.45) is 1.51. The van der Waals surface area contributed by atoms with Crippen LogP contribution in [0.25, 0.3) is 34.3 Å². The Balaban J connectivity index is 0.00000204. The van der Waals surface area contributed by atoms with Crippen LogP contribution >= 0.6 is 0 Å². The van der Waals surface area contributed by atoms with E-state index in [1.165, 1.54) is 6.20 Å². The maximum atomic E-state index is 12.0. The summed E-state index contributed by atoms with van der Waals surface area (Å²) in [5.41, 5.74) is 9.38. The SMILES string of the molecule is CCS(=O)(=O)c1ccc(-c2cnc(N)c(-c3nnc(-c4ccc(CNC)cc4)o3)n2)cc1.[HH].[HH].[HH]. The van der Waals surface area contributed by atoms with Gasteiger partial charge in [-0.15, -0.1) is 10.2 Å². The van der Waals surface area contributed by atoms with Crippen LogP contribution < -0.4 is 11.1 Å². The van der Waals surface area contributed by atoms with Gasteiger partial charge >= 0.3 is 0 Å². The molecule has 0 aliphatic rings. The molecule has 2 heterocycles. The molecule has 0 aliphatic carbocycles. The number of nitrogen functional groups attached to an aromatic ring is 1. The van der Waals surface area contributed by atoms with Gasteiger partial charge in [0.1, 0.15) is 0 Å². The van der Waals surface area contributed by atoms with Crippen molar-refractivity contribution in [2.45, 2.75) is 18.4 Å². The highest BCUT2D eigenvalue weighted by Crippen LogP contribution is 2.28. The van der Waals surface area contributed by atoms with Crippen molar-refractivity contribution >= 4 is 15.7 Å². The quantitative estimate of drug-likeness (QED) is 0.426. The number of aromatic nitrogens is 4. The number of hydrogen-bond donors (Lipinski definition) is 2. The Bertz CT molecular complexity index is 1350. The number of nitrogens with two attached hydrogens (primary N) is 1. The molecule has 0 radical (unpaired) electrons. The van der Waals surface area contributed by atoms with Crippen LogP contribution in [0.3, 0.4) is 0 Å². The molecule has 3 N–H and O–H groups in total. The van der Waals surface area contributed by atoms with Crippen LogP contribution in [0.5, 0.6) is 0 Å². The molecule has 0 unspecified atom stereocenters. The first-order chi connectivity index (χ1) is 15.4. The summed E-state index contributed by atoms with van der Waals surface area (Å²) < 4.78 is 29.9. The maximum Gasteiger partial charge on any atom is 0.270 e. The molecule has 0 bridgehead atoms. The molecular formula is C22H28N6O3S. The summed E-state index contributed by atoms with van der Waals surface area (Å²) in [6.45, 7) is 2.37. The topological polar surface area (TPSA) is 137 Å². The first-order valence-electron chi connectivity index (χ1n) is 9.94. The van der Waals surface area contributed by atoms with Gasteiger partial charge in [0.15, 0.2) is 21.3 Å². The third-order valence-corrected chi connectivity index (χ3v) is 6.65. The van der Waals surface area contributed by atoms with Gasteiger partial charge in [0, 0.05) is 22.0 Å². The second-order valence-corrected chi connectivity index (χ2v) is 9.33. The summed E-state index contributed by atoms with van der Waals surface area (Å²) in [5.74, 6) is 0.683. The molecule has 2 aromatic carbocycles. The van der Waals surface area contributed by atoms with Crippen LogP contribution in [0, 0.1) is 0 Å². The lowest BCUT2D eigenvalue weighted by atomic mass is 10.1. The second kappa shape index (κ2) is 8.85. The van der Waals surface area contributed by atoms with Gasteiger partial charge in [0.05, 0.1) is 22.5 Å². The molecular weight excluding hydrogens is 428 g/mol. The van der Waals surface area contributed by atoms with Gasteiger partial charge in [-0.2, -0.15) is 0 Å². The zero-order chi connectivity index (χ0) is 22.7. The molecule has 4 aromatic rings. The van der Waals surface area contributed by atoms with Gasteiger partial charge < -0.3 is 15.5 Å². The predicted octanol–water partition coefficient (Wildman–Crippen LogP) is 3.69. The van der Waals surface area contributed by atoms with Gasteiger partial charge in [-0.1, -0.05) is 31.2 Å². The monoisotopic (exact) mass is 456 g/mol. The van der Waals surface area contributed by atoms with Crippen molar-refractivity contribution < 1.29 is 17.1 Å². The maximum absolute atomic E-state index is 12.0. The fraction of sp³-hybridized carbons (Fsp3) is 0.182. The first-order valence-corrected chi connectivity index (χ1v) is 11.6. The highest BCUT2D eigenvalue weighted by atomic mass is 32.2. The zero-order valence-electron chi connectivity index (χ0n) is 17.6. The molecule has 0 atom stereocenters. The number of rotatable bonds is 7. The van der Waals surface area contributed by atoms with Gasteiger partial charge in [-0.05, 0) is 36.9 Å². The largest absolute Gasteiger partial charge is 0.414 e. The molecule has 32 heavy (non-hydrogen) atoms. The van der Waals surface area contributed by atoms with Crippen LogP contribution in [-0.2, 0) is 16.4 Å². The van der Waals surface area contributed by atoms with E-state index in [1.807, 2.05) is 31.3 Å². The van der Waals surface area contributed by atoms with Crippen molar-refractivity contribution in [3.63, 3.8) is 0 Å². The van der Waals surface area contributed by atoms with Crippen LogP contribution in [0.4, 0.5) is 5.82 Å². The fourth-order valence-corrected chi connectivity index (χ4v) is 3.98. The van der Waals surface area contributed by atoms with Gasteiger partial charge in [0.2, 0.25) is 5.89 Å². The molecule has 0 spiro atoms. The van der Waals surface area contributed by atoms with Crippen molar-refractivity contribution in [1.29, 1.82) is 0 Å². The Hall–Kier alpha value is -3.63. The number of benzene rings is 2. The average molecular weight is 457 g/mol. The molecule has 2 aromatic heterocycles. The van der Waals surface area contributed by atoms with Crippen molar-refractivity contribution in [1.82, 2.24) is 25.5 Å². The number of nitrogens with zero attached hydrogens (tertiary/aromatic N) is 4. The molecule has 0 aliphatic heterocycles. The molecule has 0 saturated heterocycles. The average Bonchev–Trinajstić information content (AvgIpc) is 3.30. The van der Waals surface area contributed by atoms with Crippen molar-refractivity contribution in [3.05, 3.63) is 60.3 Å². The standard InChI is InChI=1S/C22H22N6O3S.3H2/c1-3-32(29,30)17-10-8-15(9-11-17)18-13-25-20(23)19(26-18)22-28-27-21(31-22)16-6-4-14(5-7-16)12-24-2;;;/h4-11,13,24H,3,12H2,1-2H3,(H2,23,25);3*1H. The summed E-state index contributed by atoms with van der Waals surface area (Å²) in [4.78, 5) is 8.98. The Morgan fingerprint density at radius 2 is 1.66 bits per heavy atom. The Labute approximate surface area is 190 Å². The number of nitrogens with one attached hydrogen (secondary N) is 1. The third-order valence-electron chi connectivity index (χ3n) is 4.90. The molecule has 0 saturated carbocycles. The van der Waals surface area contributed by atoms with E-state index in [0.717, 1.165) is 17.7 Å². The lowest BCUT2D eigenvalue weighted by Crippen LogP contribution is -2.04. The van der Waals surface area contributed by atoms with Crippen LogP contribution in [0.2, 0.25) is 0 Å². The summed E-state index contributed by atoms with van der Waals surface area (Å²) in [6, 6.07) is 14.2. The van der Waals surface area contributed by atoms with Crippen molar-refractivity contribution in [3.8, 4) is 34.3 Å². The van der Waals surface area contributed by atoms with Crippen LogP contribution in [-0.4, -0.2) is 41.4 Å². The van der Waals surface area contributed by atoms with Crippen molar-refractivity contribution in [2.24, 2.45) is 0 Å². The highest BCUT2D eigenvalue weighted by Gasteiger charge is 2.17. The van der Waals surface area contributed by atoms with Crippen LogP contribution in [0.1, 0.15) is 16.8 Å². The van der Waals surface area contributed by atoms with E-state index in [2.05, 4.69) is 25.5 Å². The van der Waals surface area contributed by atoms with Gasteiger partial charge in [-0.3, -0.25) is 0 Å². The fourth-order valence-electron chi connectivity index (χ4n) is 3.10. The molecule has 0 amide bonds. The van der Waals surface area contributed by atoms with E-state index in [0.29, 0.717) is 17.1 Å². The molecule has 170 valence electrons. The minimum atomic E-state index is -3.28. The summed E-state index contributed by atoms with van der Waals surface area (Å²) in [7, 11) is -1.39.